The molecule has 25 heavy (non-hydrogen) atoms. The molecule has 1 aliphatic rings. The van der Waals surface area contributed by atoms with Crippen LogP contribution in [0.1, 0.15) is 5.56 Å². The van der Waals surface area contributed by atoms with E-state index in [4.69, 9.17) is 16.3 Å². The third-order valence-corrected chi connectivity index (χ3v) is 6.11. The molecule has 0 unspecified atom stereocenters. The summed E-state index contributed by atoms with van der Waals surface area (Å²) in [6.45, 7) is 3.63. The van der Waals surface area contributed by atoms with Crippen molar-refractivity contribution < 1.29 is 13.2 Å². The van der Waals surface area contributed by atoms with Gasteiger partial charge in [0.25, 0.3) is 0 Å². The highest BCUT2D eigenvalue weighted by Gasteiger charge is 2.16. The number of ether oxygens (including phenoxy) is 1. The Hall–Kier alpha value is -1.60. The lowest BCUT2D eigenvalue weighted by molar-refractivity contribution is 0.122. The number of morpholine rings is 1. The number of anilines is 1. The molecule has 2 aromatic rings. The highest BCUT2D eigenvalue weighted by atomic mass is 35.5. The summed E-state index contributed by atoms with van der Waals surface area (Å²) in [7, 11) is -3.59. The van der Waals surface area contributed by atoms with Gasteiger partial charge in [0.05, 0.1) is 18.2 Å². The van der Waals surface area contributed by atoms with Gasteiger partial charge in [-0.3, -0.25) is 0 Å². The van der Waals surface area contributed by atoms with Gasteiger partial charge in [-0.2, -0.15) is 0 Å². The van der Waals surface area contributed by atoms with Crippen molar-refractivity contribution in [2.75, 3.05) is 37.7 Å². The zero-order valence-electron chi connectivity index (χ0n) is 13.8. The van der Waals surface area contributed by atoms with Crippen molar-refractivity contribution in [1.82, 2.24) is 4.72 Å². The summed E-state index contributed by atoms with van der Waals surface area (Å²) in [5, 5.41) is 0.227. The van der Waals surface area contributed by atoms with Crippen LogP contribution in [0.5, 0.6) is 0 Å². The first-order chi connectivity index (χ1) is 12.1. The van der Waals surface area contributed by atoms with Crippen molar-refractivity contribution in [2.45, 2.75) is 11.3 Å². The predicted molar refractivity (Wildman–Crippen MR) is 99.8 cm³/mol. The maximum atomic E-state index is 12.3. The average Bonchev–Trinajstić information content (AvgIpc) is 2.63. The molecule has 7 heteroatoms. The molecule has 0 amide bonds. The fraction of sp³-hybridized carbons (Fsp3) is 0.333. The van der Waals surface area contributed by atoms with E-state index in [1.807, 2.05) is 12.1 Å². The zero-order valence-corrected chi connectivity index (χ0v) is 15.4. The minimum Gasteiger partial charge on any atom is -0.378 e. The van der Waals surface area contributed by atoms with Crippen molar-refractivity contribution in [3.63, 3.8) is 0 Å². The highest BCUT2D eigenvalue weighted by molar-refractivity contribution is 7.89. The maximum absolute atomic E-state index is 12.3. The van der Waals surface area contributed by atoms with Crippen LogP contribution in [0.15, 0.2) is 53.4 Å². The fourth-order valence-electron chi connectivity index (χ4n) is 2.77. The standard InChI is InChI=1S/C18H21ClN2O3S/c19-17-3-1-2-4-18(17)25(22,23)20-10-9-15-5-7-16(8-6-15)21-11-13-24-14-12-21/h1-8,20H,9-14H2. The first-order valence-corrected chi connectivity index (χ1v) is 10.1. The molecule has 1 saturated heterocycles. The van der Waals surface area contributed by atoms with Crippen molar-refractivity contribution in [1.29, 1.82) is 0 Å². The lowest BCUT2D eigenvalue weighted by atomic mass is 10.1. The molecule has 1 heterocycles. The van der Waals surface area contributed by atoms with E-state index < -0.39 is 10.0 Å². The molecule has 0 spiro atoms. The van der Waals surface area contributed by atoms with Crippen LogP contribution in [-0.2, 0) is 21.2 Å². The lowest BCUT2D eigenvalue weighted by Crippen LogP contribution is -2.36. The fourth-order valence-corrected chi connectivity index (χ4v) is 4.31. The SMILES string of the molecule is O=S(=O)(NCCc1ccc(N2CCOCC2)cc1)c1ccccc1Cl. The van der Waals surface area contributed by atoms with E-state index in [9.17, 15) is 8.42 Å². The summed E-state index contributed by atoms with van der Waals surface area (Å²) < 4.78 is 32.5. The van der Waals surface area contributed by atoms with Crippen LogP contribution in [0.4, 0.5) is 5.69 Å². The first kappa shape index (κ1) is 18.2. The van der Waals surface area contributed by atoms with Crippen LogP contribution < -0.4 is 9.62 Å². The zero-order chi connectivity index (χ0) is 17.7. The molecule has 1 aliphatic heterocycles. The van der Waals surface area contributed by atoms with Gasteiger partial charge in [-0.25, -0.2) is 13.1 Å². The van der Waals surface area contributed by atoms with Crippen LogP contribution in [0.25, 0.3) is 0 Å². The van der Waals surface area contributed by atoms with Gasteiger partial charge in [0, 0.05) is 25.3 Å². The number of sulfonamides is 1. The van der Waals surface area contributed by atoms with Crippen LogP contribution >= 0.6 is 11.6 Å². The molecule has 0 bridgehead atoms. The number of hydrogen-bond donors (Lipinski definition) is 1. The van der Waals surface area contributed by atoms with Gasteiger partial charge < -0.3 is 9.64 Å². The Morgan fingerprint density at radius 1 is 1.04 bits per heavy atom. The monoisotopic (exact) mass is 380 g/mol. The van der Waals surface area contributed by atoms with Gasteiger partial charge in [-0.1, -0.05) is 35.9 Å². The molecule has 2 aromatic carbocycles. The molecular weight excluding hydrogens is 360 g/mol. The van der Waals surface area contributed by atoms with E-state index in [2.05, 4.69) is 21.8 Å². The Labute approximate surface area is 153 Å². The number of halogens is 1. The summed E-state index contributed by atoms with van der Waals surface area (Å²) in [4.78, 5) is 2.40. The van der Waals surface area contributed by atoms with Crippen molar-refractivity contribution in [2.24, 2.45) is 0 Å². The number of benzene rings is 2. The molecule has 134 valence electrons. The van der Waals surface area contributed by atoms with E-state index in [0.29, 0.717) is 13.0 Å². The molecule has 0 aromatic heterocycles. The normalized spacial score (nSPS) is 15.3. The molecule has 1 fully saturated rings. The number of rotatable bonds is 6. The van der Waals surface area contributed by atoms with Gasteiger partial charge >= 0.3 is 0 Å². The predicted octanol–water partition coefficient (Wildman–Crippen LogP) is 2.70. The van der Waals surface area contributed by atoms with Gasteiger partial charge in [-0.05, 0) is 36.2 Å². The van der Waals surface area contributed by atoms with Gasteiger partial charge in [-0.15, -0.1) is 0 Å². The second-order valence-corrected chi connectivity index (χ2v) is 7.99. The Bertz CT molecular complexity index is 803. The van der Waals surface area contributed by atoms with E-state index in [1.165, 1.54) is 11.8 Å². The molecule has 0 aliphatic carbocycles. The number of nitrogens with one attached hydrogen (secondary N) is 1. The molecule has 0 atom stereocenters. The Morgan fingerprint density at radius 2 is 1.72 bits per heavy atom. The van der Waals surface area contributed by atoms with Crippen molar-refractivity contribution in [3.05, 3.63) is 59.1 Å². The van der Waals surface area contributed by atoms with Gasteiger partial charge in [0.2, 0.25) is 10.0 Å². The second-order valence-electron chi connectivity index (χ2n) is 5.84. The molecule has 5 nitrogen and oxygen atoms in total. The highest BCUT2D eigenvalue weighted by Crippen LogP contribution is 2.20. The molecular formula is C18H21ClN2O3S. The van der Waals surface area contributed by atoms with E-state index in [0.717, 1.165) is 31.9 Å². The lowest BCUT2D eigenvalue weighted by Gasteiger charge is -2.28. The molecule has 3 rings (SSSR count). The average molecular weight is 381 g/mol. The third kappa shape index (κ3) is 4.73. The quantitative estimate of drug-likeness (QED) is 0.837. The molecule has 1 N–H and O–H groups in total. The summed E-state index contributed by atoms with van der Waals surface area (Å²) >= 11 is 5.96. The van der Waals surface area contributed by atoms with E-state index in [1.54, 1.807) is 18.2 Å². The summed E-state index contributed by atoms with van der Waals surface area (Å²) in [5.41, 5.74) is 2.25. The van der Waals surface area contributed by atoms with Crippen molar-refractivity contribution >= 4 is 27.3 Å². The van der Waals surface area contributed by atoms with Crippen LogP contribution in [0.3, 0.4) is 0 Å². The minimum absolute atomic E-state index is 0.110. The summed E-state index contributed by atoms with van der Waals surface area (Å²) in [6, 6.07) is 14.7. The van der Waals surface area contributed by atoms with Crippen molar-refractivity contribution in [3.8, 4) is 0 Å². The Morgan fingerprint density at radius 3 is 2.40 bits per heavy atom. The summed E-state index contributed by atoms with van der Waals surface area (Å²) in [6.07, 6.45) is 0.618. The van der Waals surface area contributed by atoms with Crippen LogP contribution in [-0.4, -0.2) is 41.3 Å². The molecule has 0 radical (unpaired) electrons. The van der Waals surface area contributed by atoms with E-state index >= 15 is 0 Å². The second kappa shape index (κ2) is 8.19. The topological polar surface area (TPSA) is 58.6 Å². The van der Waals surface area contributed by atoms with E-state index in [-0.39, 0.29) is 9.92 Å². The minimum atomic E-state index is -3.59. The molecule has 0 saturated carbocycles. The Balaban J connectivity index is 1.56. The van der Waals surface area contributed by atoms with Gasteiger partial charge in [0.15, 0.2) is 0 Å². The smallest absolute Gasteiger partial charge is 0.242 e. The largest absolute Gasteiger partial charge is 0.378 e. The summed E-state index contributed by atoms with van der Waals surface area (Å²) in [5.74, 6) is 0. The van der Waals surface area contributed by atoms with Gasteiger partial charge in [0.1, 0.15) is 4.90 Å². The first-order valence-electron chi connectivity index (χ1n) is 8.22. The van der Waals surface area contributed by atoms with Crippen LogP contribution in [0.2, 0.25) is 5.02 Å². The Kier molecular flexibility index (Phi) is 5.96. The number of hydrogen-bond acceptors (Lipinski definition) is 4. The maximum Gasteiger partial charge on any atom is 0.242 e. The number of nitrogens with zero attached hydrogens (tertiary/aromatic N) is 1. The van der Waals surface area contributed by atoms with Crippen LogP contribution in [0, 0.1) is 0 Å². The third-order valence-electron chi connectivity index (χ3n) is 4.14.